The van der Waals surface area contributed by atoms with Gasteiger partial charge in [-0.15, -0.1) is 0 Å². The fraction of sp³-hybridized carbons (Fsp3) is 0.278. The molecule has 2 aromatic carbocycles. The average molecular weight is 334 g/mol. The Hall–Kier alpha value is -1.85. The molecule has 0 spiro atoms. The van der Waals surface area contributed by atoms with Gasteiger partial charge in [0.2, 0.25) is 0 Å². The number of methoxy groups -OCH3 is 1. The summed E-state index contributed by atoms with van der Waals surface area (Å²) in [6.07, 6.45) is 0.294. The van der Waals surface area contributed by atoms with Crippen molar-refractivity contribution >= 4 is 17.5 Å². The van der Waals surface area contributed by atoms with Gasteiger partial charge in [-0.25, -0.2) is 4.39 Å². The number of Topliss-reactive ketones (excluding diaryl/α,β-unsaturated/α-hetero) is 1. The van der Waals surface area contributed by atoms with Gasteiger partial charge in [-0.1, -0.05) is 12.1 Å². The maximum atomic E-state index is 13.0. The number of aliphatic hydroxyl groups excluding tert-OH is 1. The first-order chi connectivity index (χ1) is 11.1. The minimum absolute atomic E-state index is 0.0451. The molecule has 5 heteroatoms. The van der Waals surface area contributed by atoms with E-state index in [9.17, 15) is 9.18 Å². The Morgan fingerprint density at radius 1 is 1.17 bits per heavy atom. The third kappa shape index (κ3) is 5.08. The van der Waals surface area contributed by atoms with Gasteiger partial charge in [0.15, 0.2) is 5.78 Å². The lowest BCUT2D eigenvalue weighted by Crippen LogP contribution is -2.07. The summed E-state index contributed by atoms with van der Waals surface area (Å²) < 4.78 is 18.1. The largest absolute Gasteiger partial charge is 0.497 e. The number of ether oxygens (including phenoxy) is 1. The molecular formula is C18H19FO3S. The van der Waals surface area contributed by atoms with Crippen LogP contribution in [0, 0.1) is 5.82 Å². The first-order valence-corrected chi connectivity index (χ1v) is 8.34. The molecule has 1 N–H and O–H groups in total. The molecule has 0 aliphatic rings. The number of aliphatic hydroxyl groups is 1. The summed E-state index contributed by atoms with van der Waals surface area (Å²) >= 11 is 1.53. The highest BCUT2D eigenvalue weighted by Crippen LogP contribution is 2.34. The Labute approximate surface area is 139 Å². The number of hydrogen-bond acceptors (Lipinski definition) is 4. The molecule has 0 aromatic heterocycles. The molecule has 0 heterocycles. The lowest BCUT2D eigenvalue weighted by atomic mass is 10.0. The van der Waals surface area contributed by atoms with Crippen LogP contribution in [0.3, 0.4) is 0 Å². The van der Waals surface area contributed by atoms with Gasteiger partial charge in [0.05, 0.1) is 13.7 Å². The van der Waals surface area contributed by atoms with Gasteiger partial charge in [0, 0.05) is 23.0 Å². The monoisotopic (exact) mass is 334 g/mol. The molecule has 122 valence electrons. The van der Waals surface area contributed by atoms with E-state index in [4.69, 9.17) is 9.84 Å². The Morgan fingerprint density at radius 2 is 1.83 bits per heavy atom. The van der Waals surface area contributed by atoms with Crippen molar-refractivity contribution in [2.45, 2.75) is 11.7 Å². The quantitative estimate of drug-likeness (QED) is 0.744. The zero-order valence-electron chi connectivity index (χ0n) is 12.9. The highest BCUT2D eigenvalue weighted by atomic mass is 32.2. The van der Waals surface area contributed by atoms with Gasteiger partial charge in [-0.2, -0.15) is 11.8 Å². The molecule has 0 aliphatic heterocycles. The molecular weight excluding hydrogens is 315 g/mol. The van der Waals surface area contributed by atoms with Crippen LogP contribution in [0.25, 0.3) is 0 Å². The van der Waals surface area contributed by atoms with E-state index in [2.05, 4.69) is 0 Å². The number of carbonyl (C=O) groups excluding carboxylic acids is 1. The van der Waals surface area contributed by atoms with Gasteiger partial charge in [0.25, 0.3) is 0 Å². The van der Waals surface area contributed by atoms with Gasteiger partial charge in [-0.3, -0.25) is 4.79 Å². The fourth-order valence-electron chi connectivity index (χ4n) is 2.21. The normalized spacial score (nSPS) is 12.0. The van der Waals surface area contributed by atoms with Crippen LogP contribution >= 0.6 is 11.8 Å². The molecule has 0 radical (unpaired) electrons. The van der Waals surface area contributed by atoms with Crippen LogP contribution in [0.15, 0.2) is 48.5 Å². The number of hydrogen-bond donors (Lipinski definition) is 1. The lowest BCUT2D eigenvalue weighted by Gasteiger charge is -2.16. The number of ketones is 1. The maximum Gasteiger partial charge on any atom is 0.164 e. The number of thioether (sulfide) groups is 1. The second-order valence-electron chi connectivity index (χ2n) is 4.99. The molecule has 1 unspecified atom stereocenters. The van der Waals surface area contributed by atoms with Crippen molar-refractivity contribution in [3.05, 3.63) is 65.5 Å². The second-order valence-corrected chi connectivity index (χ2v) is 6.30. The molecule has 2 rings (SSSR count). The van der Waals surface area contributed by atoms with Crippen molar-refractivity contribution < 1.29 is 19.0 Å². The molecule has 0 saturated carbocycles. The number of halogens is 1. The van der Waals surface area contributed by atoms with E-state index in [1.54, 1.807) is 7.11 Å². The van der Waals surface area contributed by atoms with E-state index in [0.717, 1.165) is 11.3 Å². The second kappa shape index (κ2) is 8.70. The van der Waals surface area contributed by atoms with Crippen molar-refractivity contribution in [3.63, 3.8) is 0 Å². The first kappa shape index (κ1) is 17.5. The van der Waals surface area contributed by atoms with Crippen LogP contribution in [0.5, 0.6) is 5.75 Å². The molecule has 0 amide bonds. The van der Waals surface area contributed by atoms with Crippen LogP contribution in [-0.4, -0.2) is 30.4 Å². The highest BCUT2D eigenvalue weighted by Gasteiger charge is 2.18. The topological polar surface area (TPSA) is 46.5 Å². The Morgan fingerprint density at radius 3 is 2.39 bits per heavy atom. The standard InChI is InChI=1S/C18H19FO3S/c1-22-16-8-4-14(5-9-16)18(23-11-10-20)12-17(21)13-2-6-15(19)7-3-13/h2-9,18,20H,10-12H2,1H3. The predicted molar refractivity (Wildman–Crippen MR) is 90.6 cm³/mol. The Balaban J connectivity index is 2.13. The number of benzene rings is 2. The van der Waals surface area contributed by atoms with E-state index >= 15 is 0 Å². The predicted octanol–water partition coefficient (Wildman–Crippen LogP) is 3.87. The van der Waals surface area contributed by atoms with Gasteiger partial charge in [0.1, 0.15) is 11.6 Å². The van der Waals surface area contributed by atoms with Crippen molar-refractivity contribution in [3.8, 4) is 5.75 Å². The van der Waals surface area contributed by atoms with Crippen LogP contribution in [0.1, 0.15) is 27.6 Å². The lowest BCUT2D eigenvalue weighted by molar-refractivity contribution is 0.0982. The third-order valence-electron chi connectivity index (χ3n) is 3.43. The van der Waals surface area contributed by atoms with Crippen molar-refractivity contribution in [2.75, 3.05) is 19.5 Å². The van der Waals surface area contributed by atoms with Crippen molar-refractivity contribution in [2.24, 2.45) is 0 Å². The summed E-state index contributed by atoms with van der Waals surface area (Å²) in [5, 5.41) is 8.99. The van der Waals surface area contributed by atoms with E-state index in [1.165, 1.54) is 36.0 Å². The summed E-state index contributed by atoms with van der Waals surface area (Å²) in [6, 6.07) is 13.1. The zero-order valence-corrected chi connectivity index (χ0v) is 13.7. The first-order valence-electron chi connectivity index (χ1n) is 7.29. The molecule has 2 aromatic rings. The zero-order chi connectivity index (χ0) is 16.7. The molecule has 1 atom stereocenters. The van der Waals surface area contributed by atoms with Crippen molar-refractivity contribution in [1.82, 2.24) is 0 Å². The smallest absolute Gasteiger partial charge is 0.164 e. The molecule has 0 bridgehead atoms. The summed E-state index contributed by atoms with van der Waals surface area (Å²) in [4.78, 5) is 12.4. The highest BCUT2D eigenvalue weighted by molar-refractivity contribution is 7.99. The summed E-state index contributed by atoms with van der Waals surface area (Å²) in [5.74, 6) is 0.900. The van der Waals surface area contributed by atoms with Gasteiger partial charge in [-0.05, 0) is 42.0 Å². The van der Waals surface area contributed by atoms with E-state index in [1.807, 2.05) is 24.3 Å². The summed E-state index contributed by atoms with van der Waals surface area (Å²) in [6.45, 7) is 0.0576. The molecule has 0 aliphatic carbocycles. The van der Waals surface area contributed by atoms with Gasteiger partial charge < -0.3 is 9.84 Å². The van der Waals surface area contributed by atoms with Crippen LogP contribution in [0.2, 0.25) is 0 Å². The van der Waals surface area contributed by atoms with Crippen LogP contribution in [0.4, 0.5) is 4.39 Å². The Kier molecular flexibility index (Phi) is 6.62. The fourth-order valence-corrected chi connectivity index (χ4v) is 3.22. The average Bonchev–Trinajstić information content (AvgIpc) is 2.59. The van der Waals surface area contributed by atoms with Crippen LogP contribution in [-0.2, 0) is 0 Å². The van der Waals surface area contributed by atoms with Crippen LogP contribution < -0.4 is 4.74 Å². The molecule has 0 fully saturated rings. The maximum absolute atomic E-state index is 13.0. The van der Waals surface area contributed by atoms with Gasteiger partial charge >= 0.3 is 0 Å². The van der Waals surface area contributed by atoms with E-state index < -0.39 is 0 Å². The summed E-state index contributed by atoms with van der Waals surface area (Å²) in [5.41, 5.74) is 1.49. The van der Waals surface area contributed by atoms with Crippen molar-refractivity contribution in [1.29, 1.82) is 0 Å². The molecule has 3 nitrogen and oxygen atoms in total. The Bertz CT molecular complexity index is 626. The third-order valence-corrected chi connectivity index (χ3v) is 4.69. The SMILES string of the molecule is COc1ccc(C(CC(=O)c2ccc(F)cc2)SCCO)cc1. The molecule has 23 heavy (non-hydrogen) atoms. The minimum atomic E-state index is -0.358. The number of carbonyl (C=O) groups is 1. The van der Waals surface area contributed by atoms with E-state index in [0.29, 0.717) is 17.7 Å². The molecule has 0 saturated heterocycles. The minimum Gasteiger partial charge on any atom is -0.497 e. The van der Waals surface area contributed by atoms with E-state index in [-0.39, 0.29) is 23.5 Å². The number of rotatable bonds is 8. The summed E-state index contributed by atoms with van der Waals surface area (Å²) in [7, 11) is 1.60.